The van der Waals surface area contributed by atoms with Gasteiger partial charge in [0.05, 0.1) is 34.1 Å². The van der Waals surface area contributed by atoms with Crippen LogP contribution in [-0.2, 0) is 6.61 Å². The molecule has 1 aromatic heterocycles. The fourth-order valence-electron chi connectivity index (χ4n) is 4.90. The Balaban J connectivity index is 1.56. The first-order valence-corrected chi connectivity index (χ1v) is 14.0. The molecule has 12 nitrogen and oxygen atoms in total. The molecule has 0 unspecified atom stereocenters. The number of nitro groups is 2. The first-order valence-electron chi connectivity index (χ1n) is 14.0. The van der Waals surface area contributed by atoms with Gasteiger partial charge in [0, 0.05) is 29.3 Å². The van der Waals surface area contributed by atoms with Crippen molar-refractivity contribution in [3.63, 3.8) is 0 Å². The van der Waals surface area contributed by atoms with Crippen LogP contribution in [-0.4, -0.2) is 32.8 Å². The zero-order valence-electron chi connectivity index (χ0n) is 25.0. The van der Waals surface area contributed by atoms with Gasteiger partial charge in [-0.05, 0) is 65.9 Å². The fourth-order valence-corrected chi connectivity index (χ4v) is 4.90. The SMILES string of the molecule is COc1cc(C)c(-c2nc3ccccc3c(=O)n2N=Cc2ccc(OCc3cccc([N+](=O)[O-])c3)c([N+](=O)[O-])c2)cc1C(C)C. The molecule has 5 rings (SSSR count). The van der Waals surface area contributed by atoms with Crippen LogP contribution in [0.1, 0.15) is 42.0 Å². The molecule has 5 aromatic rings. The summed E-state index contributed by atoms with van der Waals surface area (Å²) in [4.78, 5) is 40.4. The van der Waals surface area contributed by atoms with Crippen LogP contribution in [0.5, 0.6) is 11.5 Å². The van der Waals surface area contributed by atoms with Gasteiger partial charge in [-0.1, -0.05) is 38.1 Å². The number of methoxy groups -OCH3 is 1. The fraction of sp³-hybridized carbons (Fsp3) is 0.182. The lowest BCUT2D eigenvalue weighted by molar-refractivity contribution is -0.386. The Bertz CT molecular complexity index is 2040. The molecule has 0 aliphatic heterocycles. The molecule has 0 radical (unpaired) electrons. The highest BCUT2D eigenvalue weighted by molar-refractivity contribution is 5.83. The molecule has 0 atom stereocenters. The maximum absolute atomic E-state index is 13.7. The summed E-state index contributed by atoms with van der Waals surface area (Å²) >= 11 is 0. The average Bonchev–Trinajstić information content (AvgIpc) is 3.03. The first kappa shape index (κ1) is 30.5. The number of nitrogens with zero attached hydrogens (tertiary/aromatic N) is 5. The number of non-ortho nitro benzene ring substituents is 1. The summed E-state index contributed by atoms with van der Waals surface area (Å²) < 4.78 is 12.4. The van der Waals surface area contributed by atoms with Crippen molar-refractivity contribution in [2.45, 2.75) is 33.3 Å². The number of hydrogen-bond acceptors (Lipinski definition) is 9. The third-order valence-corrected chi connectivity index (χ3v) is 7.21. The van der Waals surface area contributed by atoms with E-state index in [0.717, 1.165) is 16.9 Å². The molecule has 4 aromatic carbocycles. The van der Waals surface area contributed by atoms with Crippen molar-refractivity contribution in [2.24, 2.45) is 5.10 Å². The van der Waals surface area contributed by atoms with Crippen LogP contribution in [0.2, 0.25) is 0 Å². The Morgan fingerprint density at radius 2 is 1.73 bits per heavy atom. The van der Waals surface area contributed by atoms with Gasteiger partial charge in [0.2, 0.25) is 0 Å². The highest BCUT2D eigenvalue weighted by Crippen LogP contribution is 2.34. The summed E-state index contributed by atoms with van der Waals surface area (Å²) in [5.74, 6) is 1.14. The topological polar surface area (TPSA) is 152 Å². The minimum absolute atomic E-state index is 0.0241. The van der Waals surface area contributed by atoms with E-state index in [1.807, 2.05) is 32.9 Å². The molecule has 0 N–H and O–H groups in total. The number of aromatic nitrogens is 2. The smallest absolute Gasteiger partial charge is 0.311 e. The zero-order chi connectivity index (χ0) is 32.2. The average molecular weight is 608 g/mol. The molecule has 1 heterocycles. The monoisotopic (exact) mass is 607 g/mol. The second-order valence-corrected chi connectivity index (χ2v) is 10.6. The molecule has 228 valence electrons. The highest BCUT2D eigenvalue weighted by Gasteiger charge is 2.20. The standard InChI is InChI=1S/C33H29N5O7/c1-20(2)26-17-27(21(3)14-31(26)44-4)32-35-28-11-6-5-10-25(28)33(39)36(32)34-18-22-12-13-30(29(16-22)38(42)43)45-19-23-8-7-9-24(15-23)37(40)41/h5-18,20H,19H2,1-4H3. The van der Waals surface area contributed by atoms with E-state index in [-0.39, 0.29) is 29.6 Å². The normalized spacial score (nSPS) is 11.3. The Morgan fingerprint density at radius 3 is 2.44 bits per heavy atom. The number of fused-ring (bicyclic) bond motifs is 1. The van der Waals surface area contributed by atoms with E-state index in [2.05, 4.69) is 5.10 Å². The van der Waals surface area contributed by atoms with Crippen LogP contribution < -0.4 is 15.0 Å². The highest BCUT2D eigenvalue weighted by atomic mass is 16.6. The number of aryl methyl sites for hydroxylation is 1. The number of para-hydroxylation sites is 1. The Kier molecular flexibility index (Phi) is 8.66. The molecule has 0 saturated carbocycles. The molecule has 0 aliphatic carbocycles. The van der Waals surface area contributed by atoms with E-state index in [9.17, 15) is 25.0 Å². The van der Waals surface area contributed by atoms with E-state index in [1.54, 1.807) is 43.5 Å². The molecular weight excluding hydrogens is 578 g/mol. The zero-order valence-corrected chi connectivity index (χ0v) is 25.0. The molecule has 0 spiro atoms. The summed E-state index contributed by atoms with van der Waals surface area (Å²) in [6.07, 6.45) is 1.35. The minimum Gasteiger partial charge on any atom is -0.496 e. The first-order chi connectivity index (χ1) is 21.6. The molecule has 0 aliphatic rings. The second kappa shape index (κ2) is 12.8. The summed E-state index contributed by atoms with van der Waals surface area (Å²) in [7, 11) is 1.61. The molecule has 12 heteroatoms. The van der Waals surface area contributed by atoms with Gasteiger partial charge in [-0.25, -0.2) is 4.98 Å². The number of benzene rings is 4. The van der Waals surface area contributed by atoms with Gasteiger partial charge in [-0.3, -0.25) is 25.0 Å². The largest absolute Gasteiger partial charge is 0.496 e. The number of nitro benzene ring substituents is 2. The molecule has 0 fully saturated rings. The maximum Gasteiger partial charge on any atom is 0.311 e. The predicted molar refractivity (Wildman–Crippen MR) is 170 cm³/mol. The molecule has 0 bridgehead atoms. The van der Waals surface area contributed by atoms with Crippen LogP contribution in [0.15, 0.2) is 88.8 Å². The Morgan fingerprint density at radius 1 is 0.956 bits per heavy atom. The van der Waals surface area contributed by atoms with Gasteiger partial charge in [-0.15, -0.1) is 0 Å². The predicted octanol–water partition coefficient (Wildman–Crippen LogP) is 6.78. The van der Waals surface area contributed by atoms with E-state index in [4.69, 9.17) is 14.5 Å². The lowest BCUT2D eigenvalue weighted by Gasteiger charge is -2.17. The van der Waals surface area contributed by atoms with Gasteiger partial charge in [-0.2, -0.15) is 9.78 Å². The van der Waals surface area contributed by atoms with Crippen molar-refractivity contribution in [2.75, 3.05) is 7.11 Å². The van der Waals surface area contributed by atoms with Gasteiger partial charge in [0.1, 0.15) is 12.4 Å². The van der Waals surface area contributed by atoms with Gasteiger partial charge in [0.15, 0.2) is 11.6 Å². The van der Waals surface area contributed by atoms with Crippen LogP contribution >= 0.6 is 0 Å². The molecular formula is C33H29N5O7. The maximum atomic E-state index is 13.7. The Hall–Kier alpha value is -5.91. The van der Waals surface area contributed by atoms with Crippen LogP contribution in [0.3, 0.4) is 0 Å². The minimum atomic E-state index is -0.594. The number of hydrogen-bond donors (Lipinski definition) is 0. The van der Waals surface area contributed by atoms with Crippen molar-refractivity contribution < 1.29 is 19.3 Å². The van der Waals surface area contributed by atoms with Crippen LogP contribution in [0.4, 0.5) is 11.4 Å². The van der Waals surface area contributed by atoms with Crippen molar-refractivity contribution in [1.82, 2.24) is 9.66 Å². The molecule has 45 heavy (non-hydrogen) atoms. The summed E-state index contributed by atoms with van der Waals surface area (Å²) in [5.41, 5.74) is 2.93. The summed E-state index contributed by atoms with van der Waals surface area (Å²) in [6, 6.07) is 20.9. The van der Waals surface area contributed by atoms with Crippen LogP contribution in [0.25, 0.3) is 22.3 Å². The van der Waals surface area contributed by atoms with Crippen LogP contribution in [0, 0.1) is 27.2 Å². The van der Waals surface area contributed by atoms with Gasteiger partial charge < -0.3 is 9.47 Å². The van der Waals surface area contributed by atoms with E-state index < -0.39 is 15.4 Å². The summed E-state index contributed by atoms with van der Waals surface area (Å²) in [6.45, 7) is 5.87. The number of ether oxygens (including phenoxy) is 2. The van der Waals surface area contributed by atoms with E-state index in [0.29, 0.717) is 33.4 Å². The Labute approximate surface area is 257 Å². The van der Waals surface area contributed by atoms with Crippen molar-refractivity contribution in [1.29, 1.82) is 0 Å². The summed E-state index contributed by atoms with van der Waals surface area (Å²) in [5, 5.41) is 27.8. The van der Waals surface area contributed by atoms with Gasteiger partial charge >= 0.3 is 5.69 Å². The van der Waals surface area contributed by atoms with Crippen molar-refractivity contribution in [3.8, 4) is 22.9 Å². The lowest BCUT2D eigenvalue weighted by atomic mass is 9.96. The third kappa shape index (κ3) is 6.39. The third-order valence-electron chi connectivity index (χ3n) is 7.21. The van der Waals surface area contributed by atoms with Crippen molar-refractivity contribution in [3.05, 3.63) is 132 Å². The second-order valence-electron chi connectivity index (χ2n) is 10.6. The van der Waals surface area contributed by atoms with E-state index >= 15 is 0 Å². The number of rotatable bonds is 10. The quantitative estimate of drug-likeness (QED) is 0.0957. The molecule has 0 amide bonds. The molecule has 0 saturated heterocycles. The van der Waals surface area contributed by atoms with E-state index in [1.165, 1.54) is 41.2 Å². The van der Waals surface area contributed by atoms with Gasteiger partial charge in [0.25, 0.3) is 11.2 Å². The lowest BCUT2D eigenvalue weighted by Crippen LogP contribution is -2.20. The van der Waals surface area contributed by atoms with Crippen molar-refractivity contribution >= 4 is 28.5 Å².